The van der Waals surface area contributed by atoms with Crippen molar-refractivity contribution in [2.45, 2.75) is 13.8 Å². The second kappa shape index (κ2) is 7.07. The fourth-order valence-corrected chi connectivity index (χ4v) is 2.68. The van der Waals surface area contributed by atoms with Gasteiger partial charge in [-0.2, -0.15) is 10.2 Å². The minimum absolute atomic E-state index is 0.376. The van der Waals surface area contributed by atoms with E-state index >= 15 is 0 Å². The van der Waals surface area contributed by atoms with Crippen LogP contribution in [0.25, 0.3) is 11.3 Å². The molecular formula is C18H16N4S2. The fourth-order valence-electron chi connectivity index (χ4n) is 2.31. The van der Waals surface area contributed by atoms with Crippen molar-refractivity contribution in [1.82, 2.24) is 9.78 Å². The van der Waals surface area contributed by atoms with Crippen LogP contribution in [0.3, 0.4) is 0 Å². The van der Waals surface area contributed by atoms with Crippen molar-refractivity contribution < 1.29 is 0 Å². The van der Waals surface area contributed by atoms with E-state index in [1.165, 1.54) is 5.56 Å². The third-order valence-corrected chi connectivity index (χ3v) is 3.97. The lowest BCUT2D eigenvalue weighted by Gasteiger charge is -1.98. The van der Waals surface area contributed by atoms with Crippen LogP contribution in [0, 0.1) is 13.8 Å². The van der Waals surface area contributed by atoms with Crippen molar-refractivity contribution in [3.8, 4) is 11.3 Å². The number of thiol groups is 1. The number of rotatable bonds is 3. The van der Waals surface area contributed by atoms with Gasteiger partial charge in [0.2, 0.25) is 0 Å². The third-order valence-electron chi connectivity index (χ3n) is 3.61. The Morgan fingerprint density at radius 3 is 2.29 bits per heavy atom. The van der Waals surface area contributed by atoms with Gasteiger partial charge in [0, 0.05) is 5.56 Å². The van der Waals surface area contributed by atoms with Gasteiger partial charge in [0.1, 0.15) is 11.4 Å². The SMILES string of the molecule is Cc1ccc(N=Nc2c(-c3ccccc3)nn(C(=S)S)c2C)cc1. The second-order valence-electron chi connectivity index (χ2n) is 5.38. The molecule has 2 aromatic carbocycles. The summed E-state index contributed by atoms with van der Waals surface area (Å²) in [4.78, 5) is 0. The van der Waals surface area contributed by atoms with Crippen LogP contribution < -0.4 is 0 Å². The first kappa shape index (κ1) is 16.5. The van der Waals surface area contributed by atoms with Gasteiger partial charge in [-0.3, -0.25) is 0 Å². The molecule has 120 valence electrons. The van der Waals surface area contributed by atoms with Crippen molar-refractivity contribution >= 4 is 40.5 Å². The van der Waals surface area contributed by atoms with Gasteiger partial charge in [0.05, 0.1) is 11.4 Å². The maximum atomic E-state index is 5.16. The Hall–Kier alpha value is -2.31. The lowest BCUT2D eigenvalue weighted by atomic mass is 10.1. The molecule has 0 radical (unpaired) electrons. The molecule has 3 rings (SSSR count). The van der Waals surface area contributed by atoms with Gasteiger partial charge >= 0.3 is 0 Å². The van der Waals surface area contributed by atoms with Crippen LogP contribution in [0.1, 0.15) is 11.3 Å². The monoisotopic (exact) mass is 352 g/mol. The highest BCUT2D eigenvalue weighted by Crippen LogP contribution is 2.34. The van der Waals surface area contributed by atoms with Crippen LogP contribution in [-0.2, 0) is 0 Å². The Balaban J connectivity index is 2.08. The molecule has 0 N–H and O–H groups in total. The highest BCUT2D eigenvalue weighted by molar-refractivity contribution is 8.11. The fraction of sp³-hybridized carbons (Fsp3) is 0.111. The average molecular weight is 352 g/mol. The van der Waals surface area contributed by atoms with Crippen LogP contribution >= 0.6 is 24.8 Å². The molecule has 0 atom stereocenters. The second-order valence-corrected chi connectivity index (χ2v) is 6.49. The summed E-state index contributed by atoms with van der Waals surface area (Å²) in [5.41, 5.74) is 5.17. The van der Waals surface area contributed by atoms with Crippen LogP contribution in [-0.4, -0.2) is 14.1 Å². The van der Waals surface area contributed by atoms with Crippen molar-refractivity contribution in [3.05, 3.63) is 65.9 Å². The first-order valence-corrected chi connectivity index (χ1v) is 8.28. The Bertz CT molecular complexity index is 897. The molecule has 24 heavy (non-hydrogen) atoms. The molecular weight excluding hydrogens is 336 g/mol. The molecule has 0 aliphatic carbocycles. The molecule has 0 fully saturated rings. The van der Waals surface area contributed by atoms with Gasteiger partial charge in [-0.15, -0.1) is 17.7 Å². The van der Waals surface area contributed by atoms with E-state index in [2.05, 4.69) is 28.0 Å². The maximum absolute atomic E-state index is 5.16. The summed E-state index contributed by atoms with van der Waals surface area (Å²) in [5, 5.41) is 13.3. The van der Waals surface area contributed by atoms with E-state index in [0.29, 0.717) is 10.0 Å². The molecule has 3 aromatic rings. The number of hydrogen-bond donors (Lipinski definition) is 1. The first-order chi connectivity index (χ1) is 11.6. The standard InChI is InChI=1S/C18H16N4S2/c1-12-8-10-15(11-9-12)19-20-16-13(2)22(18(23)24)21-17(16)14-6-4-3-5-7-14/h3-11H,1-2H3,(H,23,24). The predicted octanol–water partition coefficient (Wildman–Crippen LogP) is 5.65. The Kier molecular flexibility index (Phi) is 4.87. The van der Waals surface area contributed by atoms with E-state index in [0.717, 1.165) is 22.6 Å². The van der Waals surface area contributed by atoms with Gasteiger partial charge in [-0.1, -0.05) is 60.2 Å². The van der Waals surface area contributed by atoms with Crippen molar-refractivity contribution in [2.24, 2.45) is 10.2 Å². The molecule has 0 aliphatic heterocycles. The number of aromatic nitrogens is 2. The molecule has 1 heterocycles. The van der Waals surface area contributed by atoms with Gasteiger partial charge in [-0.25, -0.2) is 4.68 Å². The Morgan fingerprint density at radius 2 is 1.67 bits per heavy atom. The van der Waals surface area contributed by atoms with Crippen LogP contribution in [0.2, 0.25) is 0 Å². The Labute approximate surface area is 151 Å². The number of nitrogens with zero attached hydrogens (tertiary/aromatic N) is 4. The van der Waals surface area contributed by atoms with Gasteiger partial charge in [0.25, 0.3) is 0 Å². The lowest BCUT2D eigenvalue weighted by molar-refractivity contribution is 0.928. The molecule has 0 saturated carbocycles. The average Bonchev–Trinajstić information content (AvgIpc) is 2.92. The summed E-state index contributed by atoms with van der Waals surface area (Å²) >= 11 is 9.40. The molecule has 0 amide bonds. The van der Waals surface area contributed by atoms with E-state index in [1.54, 1.807) is 4.68 Å². The molecule has 0 saturated heterocycles. The summed E-state index contributed by atoms with van der Waals surface area (Å²) < 4.78 is 1.98. The van der Waals surface area contributed by atoms with E-state index in [1.807, 2.05) is 68.4 Å². The van der Waals surface area contributed by atoms with E-state index < -0.39 is 0 Å². The highest BCUT2D eigenvalue weighted by atomic mass is 32.1. The number of thiocarbonyl (C=S) groups is 1. The number of azo groups is 1. The third kappa shape index (κ3) is 3.44. The summed E-state index contributed by atoms with van der Waals surface area (Å²) in [7, 11) is 0. The van der Waals surface area contributed by atoms with Gasteiger partial charge < -0.3 is 0 Å². The van der Waals surface area contributed by atoms with Crippen LogP contribution in [0.15, 0.2) is 64.8 Å². The minimum Gasteiger partial charge on any atom is -0.218 e. The lowest BCUT2D eigenvalue weighted by Crippen LogP contribution is -2.05. The van der Waals surface area contributed by atoms with Gasteiger partial charge in [0.15, 0.2) is 4.32 Å². The number of hydrogen-bond acceptors (Lipinski definition) is 4. The van der Waals surface area contributed by atoms with E-state index in [-0.39, 0.29) is 0 Å². The summed E-state index contributed by atoms with van der Waals surface area (Å²) in [6.45, 7) is 3.95. The van der Waals surface area contributed by atoms with E-state index in [9.17, 15) is 0 Å². The van der Waals surface area contributed by atoms with Crippen LogP contribution in [0.5, 0.6) is 0 Å². The van der Waals surface area contributed by atoms with Crippen molar-refractivity contribution in [1.29, 1.82) is 0 Å². The molecule has 4 nitrogen and oxygen atoms in total. The maximum Gasteiger partial charge on any atom is 0.158 e. The zero-order valence-corrected chi connectivity index (χ0v) is 15.1. The molecule has 0 aliphatic rings. The summed E-state index contributed by atoms with van der Waals surface area (Å²) in [6, 6.07) is 17.7. The first-order valence-electron chi connectivity index (χ1n) is 7.43. The summed E-state index contributed by atoms with van der Waals surface area (Å²) in [6.07, 6.45) is 0. The predicted molar refractivity (Wildman–Crippen MR) is 105 cm³/mol. The molecule has 1 aromatic heterocycles. The Morgan fingerprint density at radius 1 is 1.00 bits per heavy atom. The largest absolute Gasteiger partial charge is 0.218 e. The molecule has 0 bridgehead atoms. The van der Waals surface area contributed by atoms with Gasteiger partial charge in [-0.05, 0) is 26.0 Å². The zero-order chi connectivity index (χ0) is 17.1. The zero-order valence-electron chi connectivity index (χ0n) is 13.3. The molecule has 0 unspecified atom stereocenters. The topological polar surface area (TPSA) is 42.5 Å². The van der Waals surface area contributed by atoms with Crippen molar-refractivity contribution in [2.75, 3.05) is 0 Å². The van der Waals surface area contributed by atoms with Crippen LogP contribution in [0.4, 0.5) is 11.4 Å². The quantitative estimate of drug-likeness (QED) is 0.376. The number of benzene rings is 2. The summed E-state index contributed by atoms with van der Waals surface area (Å²) in [5.74, 6) is 0. The molecule has 6 heteroatoms. The smallest absolute Gasteiger partial charge is 0.158 e. The van der Waals surface area contributed by atoms with E-state index in [4.69, 9.17) is 12.2 Å². The highest BCUT2D eigenvalue weighted by Gasteiger charge is 2.17. The normalized spacial score (nSPS) is 11.1. The molecule has 0 spiro atoms. The minimum atomic E-state index is 0.376. The number of aryl methyl sites for hydroxylation is 1. The van der Waals surface area contributed by atoms with Crippen molar-refractivity contribution in [3.63, 3.8) is 0 Å².